The van der Waals surface area contributed by atoms with Gasteiger partial charge in [-0.2, -0.15) is 21.4 Å². The summed E-state index contributed by atoms with van der Waals surface area (Å²) in [5.74, 6) is 0.130. The second-order valence-corrected chi connectivity index (χ2v) is 9.00. The summed E-state index contributed by atoms with van der Waals surface area (Å²) in [5.41, 5.74) is -3.13. The molecule has 0 bridgehead atoms. The molecule has 0 spiro atoms. The largest absolute Gasteiger partial charge is 0.399 e. The smallest absolute Gasteiger partial charge is 0.320 e. The van der Waals surface area contributed by atoms with Gasteiger partial charge in [-0.3, -0.25) is 4.57 Å². The van der Waals surface area contributed by atoms with E-state index in [1.54, 1.807) is 0 Å². The Morgan fingerprint density at radius 1 is 1.20 bits per heavy atom. The number of rotatable bonds is 6. The van der Waals surface area contributed by atoms with Crippen molar-refractivity contribution in [3.8, 4) is 0 Å². The number of benzene rings is 2. The molecule has 2 rings (SSSR count). The van der Waals surface area contributed by atoms with Gasteiger partial charge < -0.3 is 9.79 Å². The number of hydrogen-bond donors (Lipinski definition) is 3. The first kappa shape index (κ1) is 20.6. The van der Waals surface area contributed by atoms with E-state index in [0.29, 0.717) is 5.56 Å². The van der Waals surface area contributed by atoms with Crippen molar-refractivity contribution in [3.05, 3.63) is 69.7 Å². The second kappa shape index (κ2) is 7.89. The number of alkyl halides is 2. The highest BCUT2D eigenvalue weighted by Gasteiger charge is 2.51. The average Bonchev–Trinajstić information content (AvgIpc) is 2.53. The standard InChI is InChI=1S/C17H18BrF2O3PS/c1-11(9-12-5-3-2-4-6-12)16(25)13-7-8-14(15(18)10-13)17(19,20)24(21,22)23/h2-8,10-11,16,25H,9H2,1H3,(H2,21,22,23). The lowest BCUT2D eigenvalue weighted by atomic mass is 9.93. The summed E-state index contributed by atoms with van der Waals surface area (Å²) < 4.78 is 38.8. The molecule has 0 fully saturated rings. The molecular formula is C17H18BrF2O3PS. The first-order chi connectivity index (χ1) is 11.5. The number of hydrogen-bond acceptors (Lipinski definition) is 2. The Morgan fingerprint density at radius 3 is 2.32 bits per heavy atom. The third-order valence-corrected chi connectivity index (χ3v) is 6.40. The first-order valence-corrected chi connectivity index (χ1v) is 10.4. The van der Waals surface area contributed by atoms with Crippen LogP contribution in [0.15, 0.2) is 53.0 Å². The molecule has 2 N–H and O–H groups in total. The molecule has 0 heterocycles. The van der Waals surface area contributed by atoms with Gasteiger partial charge in [-0.15, -0.1) is 0 Å². The molecule has 0 aliphatic rings. The number of halogens is 3. The highest BCUT2D eigenvalue weighted by atomic mass is 79.9. The minimum Gasteiger partial charge on any atom is -0.320 e. The predicted octanol–water partition coefficient (Wildman–Crippen LogP) is 5.53. The molecule has 0 aliphatic heterocycles. The van der Waals surface area contributed by atoms with Crippen molar-refractivity contribution < 1.29 is 23.1 Å². The van der Waals surface area contributed by atoms with E-state index in [-0.39, 0.29) is 15.6 Å². The minimum atomic E-state index is -5.60. The maximum Gasteiger partial charge on any atom is 0.399 e. The number of thiol groups is 1. The van der Waals surface area contributed by atoms with Crippen LogP contribution in [0.1, 0.15) is 28.9 Å². The molecule has 136 valence electrons. The quantitative estimate of drug-likeness (QED) is 0.400. The molecular weight excluding hydrogens is 433 g/mol. The summed E-state index contributed by atoms with van der Waals surface area (Å²) in [4.78, 5) is 17.8. The van der Waals surface area contributed by atoms with Crippen LogP contribution in [0.3, 0.4) is 0 Å². The van der Waals surface area contributed by atoms with E-state index in [1.165, 1.54) is 12.1 Å². The maximum absolute atomic E-state index is 13.9. The third-order valence-electron chi connectivity index (χ3n) is 3.96. The van der Waals surface area contributed by atoms with Gasteiger partial charge in [0.05, 0.1) is 0 Å². The minimum absolute atomic E-state index is 0.0516. The van der Waals surface area contributed by atoms with Gasteiger partial charge in [0, 0.05) is 15.3 Å². The van der Waals surface area contributed by atoms with Crippen LogP contribution in [0.5, 0.6) is 0 Å². The van der Waals surface area contributed by atoms with E-state index < -0.39 is 18.8 Å². The maximum atomic E-state index is 13.9. The molecule has 3 nitrogen and oxygen atoms in total. The molecule has 2 aromatic carbocycles. The Bertz CT molecular complexity index is 783. The van der Waals surface area contributed by atoms with E-state index >= 15 is 0 Å². The molecule has 0 saturated heterocycles. The monoisotopic (exact) mass is 450 g/mol. The summed E-state index contributed by atoms with van der Waals surface area (Å²) in [5, 5.41) is -0.214. The lowest BCUT2D eigenvalue weighted by Gasteiger charge is -2.23. The van der Waals surface area contributed by atoms with Crippen molar-refractivity contribution >= 4 is 36.2 Å². The zero-order chi connectivity index (χ0) is 18.8. The van der Waals surface area contributed by atoms with E-state index in [1.807, 2.05) is 37.3 Å². The van der Waals surface area contributed by atoms with E-state index in [4.69, 9.17) is 9.79 Å². The summed E-state index contributed by atoms with van der Waals surface area (Å²) in [6.45, 7) is 2.01. The van der Waals surface area contributed by atoms with Gasteiger partial charge in [0.2, 0.25) is 0 Å². The fourth-order valence-electron chi connectivity index (χ4n) is 2.54. The van der Waals surface area contributed by atoms with Crippen molar-refractivity contribution in [2.75, 3.05) is 0 Å². The molecule has 8 heteroatoms. The topological polar surface area (TPSA) is 57.5 Å². The van der Waals surface area contributed by atoms with Crippen LogP contribution < -0.4 is 0 Å². The zero-order valence-electron chi connectivity index (χ0n) is 13.3. The van der Waals surface area contributed by atoms with Crippen molar-refractivity contribution in [2.45, 2.75) is 24.3 Å². The Morgan fingerprint density at radius 2 is 1.80 bits per heavy atom. The van der Waals surface area contributed by atoms with Gasteiger partial charge >= 0.3 is 13.3 Å². The fourth-order valence-corrected chi connectivity index (χ4v) is 4.12. The summed E-state index contributed by atoms with van der Waals surface area (Å²) in [7, 11) is -5.60. The zero-order valence-corrected chi connectivity index (χ0v) is 16.7. The van der Waals surface area contributed by atoms with Gasteiger partial charge in [-0.1, -0.05) is 65.3 Å². The highest BCUT2D eigenvalue weighted by molar-refractivity contribution is 9.10. The normalized spacial score (nSPS) is 15.0. The van der Waals surface area contributed by atoms with Crippen LogP contribution in [-0.4, -0.2) is 9.79 Å². The van der Waals surface area contributed by atoms with Crippen LogP contribution in [-0.2, 0) is 16.6 Å². The lowest BCUT2D eigenvalue weighted by molar-refractivity contribution is 0.0557. The molecule has 0 amide bonds. The molecule has 0 aromatic heterocycles. The Hall–Kier alpha value is -0.720. The van der Waals surface area contributed by atoms with Crippen molar-refractivity contribution in [3.63, 3.8) is 0 Å². The lowest BCUT2D eigenvalue weighted by Crippen LogP contribution is -2.15. The SMILES string of the molecule is CC(Cc1ccccc1)C(S)c1ccc(C(F)(F)P(=O)(O)O)c(Br)c1. The van der Waals surface area contributed by atoms with Gasteiger partial charge in [0.1, 0.15) is 0 Å². The molecule has 0 saturated carbocycles. The van der Waals surface area contributed by atoms with Crippen molar-refractivity contribution in [2.24, 2.45) is 5.92 Å². The van der Waals surface area contributed by atoms with Crippen LogP contribution in [0, 0.1) is 5.92 Å². The summed E-state index contributed by atoms with van der Waals surface area (Å²) >= 11 is 7.60. The van der Waals surface area contributed by atoms with Gasteiger partial charge in [0.15, 0.2) is 0 Å². The molecule has 0 aliphatic carbocycles. The molecule has 2 aromatic rings. The van der Waals surface area contributed by atoms with Crippen LogP contribution in [0.25, 0.3) is 0 Å². The third kappa shape index (κ3) is 4.72. The van der Waals surface area contributed by atoms with Crippen LogP contribution >= 0.6 is 36.2 Å². The van der Waals surface area contributed by atoms with E-state index in [2.05, 4.69) is 28.6 Å². The van der Waals surface area contributed by atoms with Gasteiger partial charge in [-0.25, -0.2) is 0 Å². The van der Waals surface area contributed by atoms with Crippen molar-refractivity contribution in [1.29, 1.82) is 0 Å². The molecule has 0 radical (unpaired) electrons. The summed E-state index contributed by atoms with van der Waals surface area (Å²) in [6, 6.07) is 13.8. The molecule has 2 unspecified atom stereocenters. The molecule has 25 heavy (non-hydrogen) atoms. The molecule has 2 atom stereocenters. The predicted molar refractivity (Wildman–Crippen MR) is 101 cm³/mol. The Labute approximate surface area is 159 Å². The summed E-state index contributed by atoms with van der Waals surface area (Å²) in [6.07, 6.45) is 0.771. The Kier molecular flexibility index (Phi) is 6.50. The van der Waals surface area contributed by atoms with E-state index in [0.717, 1.165) is 18.1 Å². The Balaban J connectivity index is 2.23. The van der Waals surface area contributed by atoms with Gasteiger partial charge in [-0.05, 0) is 29.5 Å². The van der Waals surface area contributed by atoms with Crippen molar-refractivity contribution in [1.82, 2.24) is 0 Å². The van der Waals surface area contributed by atoms with Gasteiger partial charge in [0.25, 0.3) is 0 Å². The van der Waals surface area contributed by atoms with Crippen LogP contribution in [0.2, 0.25) is 0 Å². The van der Waals surface area contributed by atoms with Crippen LogP contribution in [0.4, 0.5) is 8.78 Å². The first-order valence-electron chi connectivity index (χ1n) is 7.49. The van der Waals surface area contributed by atoms with E-state index in [9.17, 15) is 13.3 Å². The fraction of sp³-hybridized carbons (Fsp3) is 0.294. The average molecular weight is 451 g/mol. The second-order valence-electron chi connectivity index (χ2n) is 5.94. The highest BCUT2D eigenvalue weighted by Crippen LogP contribution is 2.60.